The van der Waals surface area contributed by atoms with Crippen molar-refractivity contribution in [3.63, 3.8) is 0 Å². The van der Waals surface area contributed by atoms with Gasteiger partial charge in [-0.05, 0) is 34.2 Å². The van der Waals surface area contributed by atoms with E-state index in [2.05, 4.69) is 0 Å². The molecule has 0 amide bonds. The minimum Gasteiger partial charge on any atom is -0.293 e. The normalized spacial score (nSPS) is 11.9. The van der Waals surface area contributed by atoms with Gasteiger partial charge in [-0.25, -0.2) is 0 Å². The Kier molecular flexibility index (Phi) is 4.70. The lowest BCUT2D eigenvalue weighted by molar-refractivity contribution is -0.112. The number of carbonyl (C=O) groups is 2. The van der Waals surface area contributed by atoms with Gasteiger partial charge in [-0.2, -0.15) is 0 Å². The molecule has 3 rings (SSSR count). The van der Waals surface area contributed by atoms with Gasteiger partial charge in [0.05, 0.1) is 0 Å². The van der Waals surface area contributed by atoms with Gasteiger partial charge in [-0.3, -0.25) is 9.59 Å². The summed E-state index contributed by atoms with van der Waals surface area (Å²) < 4.78 is 0. The lowest BCUT2D eigenvalue weighted by Crippen LogP contribution is -2.17. The minimum atomic E-state index is -0.931. The number of carbonyl (C=O) groups excluding carboxylic acids is 2. The van der Waals surface area contributed by atoms with Crippen molar-refractivity contribution < 1.29 is 9.59 Å². The standard InChI is InChI=1S/C19H13ClO2S/c20-19(22)17(16-7-4-12-23-16)18(21)15-10-8-14(9-11-15)13-5-2-1-3-6-13/h1-12,17H. The summed E-state index contributed by atoms with van der Waals surface area (Å²) in [6.45, 7) is 0. The Balaban J connectivity index is 1.89. The number of hydrogen-bond acceptors (Lipinski definition) is 3. The molecule has 1 unspecified atom stereocenters. The van der Waals surface area contributed by atoms with Crippen molar-refractivity contribution in [1.29, 1.82) is 0 Å². The van der Waals surface area contributed by atoms with E-state index in [1.54, 1.807) is 24.3 Å². The summed E-state index contributed by atoms with van der Waals surface area (Å²) in [6.07, 6.45) is 0. The Bertz CT molecular complexity index is 808. The summed E-state index contributed by atoms with van der Waals surface area (Å²) in [4.78, 5) is 25.0. The number of Topliss-reactive ketones (excluding diaryl/α,β-unsaturated/α-hetero) is 1. The van der Waals surface area contributed by atoms with Crippen LogP contribution in [0.3, 0.4) is 0 Å². The molecule has 0 saturated heterocycles. The molecule has 0 radical (unpaired) electrons. The number of benzene rings is 2. The molecule has 0 N–H and O–H groups in total. The van der Waals surface area contributed by atoms with Crippen LogP contribution in [0.2, 0.25) is 0 Å². The quantitative estimate of drug-likeness (QED) is 0.366. The maximum absolute atomic E-state index is 12.6. The zero-order valence-corrected chi connectivity index (χ0v) is 13.7. The van der Waals surface area contributed by atoms with Crippen LogP contribution < -0.4 is 0 Å². The molecule has 4 heteroatoms. The summed E-state index contributed by atoms with van der Waals surface area (Å²) >= 11 is 7.01. The van der Waals surface area contributed by atoms with Crippen LogP contribution in [0.1, 0.15) is 21.2 Å². The number of hydrogen-bond donors (Lipinski definition) is 0. The highest BCUT2D eigenvalue weighted by Gasteiger charge is 2.28. The average Bonchev–Trinajstić information content (AvgIpc) is 3.09. The van der Waals surface area contributed by atoms with Crippen LogP contribution in [0, 0.1) is 0 Å². The van der Waals surface area contributed by atoms with E-state index in [0.717, 1.165) is 11.1 Å². The summed E-state index contributed by atoms with van der Waals surface area (Å²) in [7, 11) is 0. The van der Waals surface area contributed by atoms with Crippen molar-refractivity contribution in [3.05, 3.63) is 82.6 Å². The van der Waals surface area contributed by atoms with E-state index in [9.17, 15) is 9.59 Å². The van der Waals surface area contributed by atoms with Crippen molar-refractivity contribution in [2.75, 3.05) is 0 Å². The predicted molar refractivity (Wildman–Crippen MR) is 94.1 cm³/mol. The second kappa shape index (κ2) is 6.90. The van der Waals surface area contributed by atoms with E-state index >= 15 is 0 Å². The highest BCUT2D eigenvalue weighted by atomic mass is 35.5. The molecule has 0 spiro atoms. The van der Waals surface area contributed by atoms with Gasteiger partial charge in [0.1, 0.15) is 5.92 Å². The molecule has 0 aliphatic carbocycles. The Hall–Kier alpha value is -2.23. The van der Waals surface area contributed by atoms with Crippen molar-refractivity contribution in [2.45, 2.75) is 5.92 Å². The molecule has 3 aromatic rings. The van der Waals surface area contributed by atoms with Crippen LogP contribution in [-0.4, -0.2) is 11.0 Å². The highest BCUT2D eigenvalue weighted by Crippen LogP contribution is 2.28. The molecule has 0 aliphatic heterocycles. The minimum absolute atomic E-state index is 0.271. The van der Waals surface area contributed by atoms with Gasteiger partial charge < -0.3 is 0 Å². The van der Waals surface area contributed by atoms with Crippen LogP contribution in [0.4, 0.5) is 0 Å². The molecule has 0 fully saturated rings. The largest absolute Gasteiger partial charge is 0.293 e. The van der Waals surface area contributed by atoms with Gasteiger partial charge in [0, 0.05) is 10.4 Å². The molecular weight excluding hydrogens is 328 g/mol. The lowest BCUT2D eigenvalue weighted by Gasteiger charge is -2.10. The number of halogens is 1. The van der Waals surface area contributed by atoms with Crippen LogP contribution in [-0.2, 0) is 4.79 Å². The SMILES string of the molecule is O=C(Cl)C(C(=O)c1ccc(-c2ccccc2)cc1)c1cccs1. The first-order chi connectivity index (χ1) is 11.2. The zero-order chi connectivity index (χ0) is 16.2. The number of rotatable bonds is 5. The second-order valence-electron chi connectivity index (χ2n) is 5.06. The molecular formula is C19H13ClO2S. The molecule has 1 aromatic heterocycles. The van der Waals surface area contributed by atoms with Gasteiger partial charge in [0.15, 0.2) is 5.78 Å². The molecule has 1 atom stereocenters. The molecule has 114 valence electrons. The Morgan fingerprint density at radius 2 is 1.48 bits per heavy atom. The number of ketones is 1. The fourth-order valence-electron chi connectivity index (χ4n) is 2.42. The zero-order valence-electron chi connectivity index (χ0n) is 12.1. The van der Waals surface area contributed by atoms with Crippen LogP contribution in [0.15, 0.2) is 72.1 Å². The van der Waals surface area contributed by atoms with Crippen LogP contribution in [0.25, 0.3) is 11.1 Å². The summed E-state index contributed by atoms with van der Waals surface area (Å²) in [5.41, 5.74) is 2.58. The molecule has 2 nitrogen and oxygen atoms in total. The van der Waals surface area contributed by atoms with E-state index in [1.807, 2.05) is 47.8 Å². The Morgan fingerprint density at radius 1 is 0.826 bits per heavy atom. The van der Waals surface area contributed by atoms with Gasteiger partial charge >= 0.3 is 0 Å². The van der Waals surface area contributed by atoms with E-state index in [4.69, 9.17) is 11.6 Å². The first kappa shape index (κ1) is 15.7. The molecule has 2 aromatic carbocycles. The van der Waals surface area contributed by atoms with Gasteiger partial charge in [-0.1, -0.05) is 60.7 Å². The maximum Gasteiger partial charge on any atom is 0.237 e. The molecule has 0 aliphatic rings. The van der Waals surface area contributed by atoms with Crippen molar-refractivity contribution in [3.8, 4) is 11.1 Å². The Morgan fingerprint density at radius 3 is 2.04 bits per heavy atom. The smallest absolute Gasteiger partial charge is 0.237 e. The third-order valence-corrected chi connectivity index (χ3v) is 4.75. The van der Waals surface area contributed by atoms with E-state index in [-0.39, 0.29) is 5.78 Å². The third-order valence-electron chi connectivity index (χ3n) is 3.59. The van der Waals surface area contributed by atoms with Crippen molar-refractivity contribution in [1.82, 2.24) is 0 Å². The maximum atomic E-state index is 12.6. The predicted octanol–water partition coefficient (Wildman–Crippen LogP) is 5.15. The average molecular weight is 341 g/mol. The lowest BCUT2D eigenvalue weighted by atomic mass is 9.95. The topological polar surface area (TPSA) is 34.1 Å². The first-order valence-electron chi connectivity index (χ1n) is 7.09. The first-order valence-corrected chi connectivity index (χ1v) is 8.35. The highest BCUT2D eigenvalue weighted by molar-refractivity contribution is 7.10. The Labute approximate surface area is 143 Å². The summed E-state index contributed by atoms with van der Waals surface area (Å²) in [5.74, 6) is -1.20. The van der Waals surface area contributed by atoms with E-state index < -0.39 is 11.2 Å². The summed E-state index contributed by atoms with van der Waals surface area (Å²) in [6, 6.07) is 20.7. The second-order valence-corrected chi connectivity index (χ2v) is 6.41. The fourth-order valence-corrected chi connectivity index (χ4v) is 3.53. The van der Waals surface area contributed by atoms with Crippen molar-refractivity contribution >= 4 is 34.0 Å². The molecule has 0 saturated carbocycles. The fraction of sp³-hybridized carbons (Fsp3) is 0.0526. The molecule has 23 heavy (non-hydrogen) atoms. The third kappa shape index (κ3) is 3.41. The number of thiophene rings is 1. The van der Waals surface area contributed by atoms with Crippen LogP contribution in [0.5, 0.6) is 0 Å². The van der Waals surface area contributed by atoms with Crippen LogP contribution >= 0.6 is 22.9 Å². The van der Waals surface area contributed by atoms with E-state index in [0.29, 0.717) is 10.4 Å². The van der Waals surface area contributed by atoms with E-state index in [1.165, 1.54) is 11.3 Å². The van der Waals surface area contributed by atoms with Gasteiger partial charge in [0.2, 0.25) is 5.24 Å². The molecule has 1 heterocycles. The van der Waals surface area contributed by atoms with Gasteiger partial charge in [0.25, 0.3) is 0 Å². The molecule has 0 bridgehead atoms. The summed E-state index contributed by atoms with van der Waals surface area (Å²) in [5, 5.41) is 1.18. The monoisotopic (exact) mass is 340 g/mol. The van der Waals surface area contributed by atoms with Crippen molar-refractivity contribution in [2.24, 2.45) is 0 Å². The van der Waals surface area contributed by atoms with Gasteiger partial charge in [-0.15, -0.1) is 11.3 Å².